The van der Waals surface area contributed by atoms with Gasteiger partial charge in [0.15, 0.2) is 0 Å². The van der Waals surface area contributed by atoms with Crippen molar-refractivity contribution in [2.45, 2.75) is 0 Å². The Morgan fingerprint density at radius 1 is 1.57 bits per heavy atom. The summed E-state index contributed by atoms with van der Waals surface area (Å²) in [5, 5.41) is 0. The quantitative estimate of drug-likeness (QED) is 0.341. The van der Waals surface area contributed by atoms with Crippen molar-refractivity contribution in [2.24, 2.45) is 0 Å². The van der Waals surface area contributed by atoms with Gasteiger partial charge >= 0.3 is 32.7 Å². The van der Waals surface area contributed by atoms with Crippen LogP contribution in [0.25, 0.3) is 0 Å². The smallest absolute Gasteiger partial charge is 0.419 e. The third kappa shape index (κ3) is 10.7. The summed E-state index contributed by atoms with van der Waals surface area (Å²) in [6, 6.07) is 0. The number of carbonyl (C=O) groups excluding carboxylic acids is 1. The molecule has 0 aromatic carbocycles. The summed E-state index contributed by atoms with van der Waals surface area (Å²) in [5.41, 5.74) is 0. The maximum atomic E-state index is 9.30. The molecule has 32 valence electrons. The van der Waals surface area contributed by atoms with Gasteiger partial charge in [-0.05, 0) is 6.29 Å². The third-order valence-electron chi connectivity index (χ3n) is 0.300. The van der Waals surface area contributed by atoms with Gasteiger partial charge in [-0.3, -0.25) is 0 Å². The van der Waals surface area contributed by atoms with Gasteiger partial charge in [0.05, 0.1) is 0 Å². The molecule has 0 saturated carbocycles. The average molecular weight is 170 g/mol. The van der Waals surface area contributed by atoms with E-state index in [1.165, 1.54) is 18.2 Å². The summed E-state index contributed by atoms with van der Waals surface area (Å²) >= 11 is 0. The van der Waals surface area contributed by atoms with Crippen LogP contribution in [0, 0.1) is 0 Å². The summed E-state index contributed by atoms with van der Waals surface area (Å²) < 4.78 is 0. The molecule has 0 heterocycles. The van der Waals surface area contributed by atoms with E-state index < -0.39 is 0 Å². The Hall–Kier alpha value is 0.254. The predicted molar refractivity (Wildman–Crippen MR) is 25.0 cm³/mol. The minimum Gasteiger partial charge on any atom is -0.419 e. The van der Waals surface area contributed by atoms with E-state index in [9.17, 15) is 4.79 Å². The molecule has 0 aliphatic heterocycles. The summed E-state index contributed by atoms with van der Waals surface area (Å²) in [4.78, 5) is 9.30. The fraction of sp³-hybridized carbons (Fsp3) is 0. The van der Waals surface area contributed by atoms with Gasteiger partial charge in [-0.2, -0.15) is 12.2 Å². The fourth-order valence-corrected chi connectivity index (χ4v) is 0.107. The molecule has 0 aliphatic rings. The van der Waals surface area contributed by atoms with Gasteiger partial charge < -0.3 is 4.79 Å². The van der Waals surface area contributed by atoms with Gasteiger partial charge in [-0.15, -0.1) is 6.58 Å². The van der Waals surface area contributed by atoms with Crippen LogP contribution in [0.4, 0.5) is 0 Å². The maximum absolute atomic E-state index is 9.30. The van der Waals surface area contributed by atoms with Crippen LogP contribution in [0.15, 0.2) is 24.8 Å². The van der Waals surface area contributed by atoms with E-state index in [4.69, 9.17) is 0 Å². The van der Waals surface area contributed by atoms with E-state index in [2.05, 4.69) is 6.58 Å². The van der Waals surface area contributed by atoms with Crippen molar-refractivity contribution in [1.29, 1.82) is 0 Å². The monoisotopic (exact) mass is 170 g/mol. The molecule has 0 fully saturated rings. The zero-order chi connectivity index (χ0) is 4.83. The molecule has 0 atom stereocenters. The summed E-state index contributed by atoms with van der Waals surface area (Å²) in [6.07, 6.45) is 5.86. The molecule has 1 nitrogen and oxygen atoms in total. The van der Waals surface area contributed by atoms with Crippen molar-refractivity contribution in [3.05, 3.63) is 24.8 Å². The molecular weight excluding hydrogens is 165 g/mol. The first-order valence-electron chi connectivity index (χ1n) is 1.57. The second-order valence-electron chi connectivity index (χ2n) is 0.713. The van der Waals surface area contributed by atoms with Crippen LogP contribution >= 0.6 is 0 Å². The first-order valence-corrected chi connectivity index (χ1v) is 1.57. The fourth-order valence-electron chi connectivity index (χ4n) is 0.107. The van der Waals surface area contributed by atoms with Gasteiger partial charge in [0.25, 0.3) is 0 Å². The predicted octanol–water partition coefficient (Wildman–Crippen LogP) is 0.836. The Morgan fingerprint density at radius 3 is 2.29 bits per heavy atom. The minimum atomic E-state index is 0. The van der Waals surface area contributed by atoms with Crippen LogP contribution < -0.4 is 0 Å². The maximum Gasteiger partial charge on any atom is 3.00 e. The van der Waals surface area contributed by atoms with Gasteiger partial charge in [-0.25, -0.2) is 6.08 Å². The molecule has 0 amide bonds. The van der Waals surface area contributed by atoms with Crippen molar-refractivity contribution in [1.82, 2.24) is 0 Å². The normalized spacial score (nSPS) is 7.43. The van der Waals surface area contributed by atoms with E-state index >= 15 is 0 Å². The van der Waals surface area contributed by atoms with Crippen molar-refractivity contribution in [3.8, 4) is 0 Å². The molecule has 2 heteroatoms. The minimum absolute atomic E-state index is 0. The SMILES string of the molecule is C=C/C=C/[C-]=O.[Y+3]. The van der Waals surface area contributed by atoms with Gasteiger partial charge in [0.2, 0.25) is 0 Å². The van der Waals surface area contributed by atoms with E-state index in [-0.39, 0.29) is 32.7 Å². The molecule has 7 heavy (non-hydrogen) atoms. The average Bonchev–Trinajstić information content (AvgIpc) is 1.61. The molecule has 0 aromatic heterocycles. The van der Waals surface area contributed by atoms with E-state index in [0.29, 0.717) is 0 Å². The molecule has 0 aliphatic carbocycles. The Kier molecular flexibility index (Phi) is 14.0. The van der Waals surface area contributed by atoms with Gasteiger partial charge in [-0.1, -0.05) is 0 Å². The van der Waals surface area contributed by atoms with E-state index in [0.717, 1.165) is 0 Å². The number of hydrogen-bond acceptors (Lipinski definition) is 1. The Morgan fingerprint density at radius 2 is 2.14 bits per heavy atom. The molecule has 0 radical (unpaired) electrons. The van der Waals surface area contributed by atoms with Crippen LogP contribution in [0.3, 0.4) is 0 Å². The second-order valence-corrected chi connectivity index (χ2v) is 0.713. The van der Waals surface area contributed by atoms with Crippen LogP contribution in [0.5, 0.6) is 0 Å². The number of allylic oxidation sites excluding steroid dienone is 3. The summed E-state index contributed by atoms with van der Waals surface area (Å²) in [5.74, 6) is 0. The number of hydrogen-bond donors (Lipinski definition) is 0. The number of rotatable bonds is 2. The van der Waals surface area contributed by atoms with Crippen molar-refractivity contribution >= 4 is 6.29 Å². The molecule has 0 rings (SSSR count). The van der Waals surface area contributed by atoms with Crippen molar-refractivity contribution in [3.63, 3.8) is 0 Å². The molecule has 0 unspecified atom stereocenters. The van der Waals surface area contributed by atoms with Gasteiger partial charge in [0.1, 0.15) is 0 Å². The van der Waals surface area contributed by atoms with Crippen molar-refractivity contribution in [2.75, 3.05) is 0 Å². The molecular formula is C5H5OY+2. The topological polar surface area (TPSA) is 17.1 Å². The Bertz CT molecular complexity index is 66.1. The summed E-state index contributed by atoms with van der Waals surface area (Å²) in [6.45, 7) is 3.33. The molecule has 0 aromatic rings. The molecule has 0 bridgehead atoms. The molecule has 0 N–H and O–H groups in total. The largest absolute Gasteiger partial charge is 3.00 e. The van der Waals surface area contributed by atoms with Crippen LogP contribution in [0.2, 0.25) is 0 Å². The summed E-state index contributed by atoms with van der Waals surface area (Å²) in [7, 11) is 0. The molecule has 0 saturated heterocycles. The second kappa shape index (κ2) is 9.54. The Balaban J connectivity index is 0. The van der Waals surface area contributed by atoms with E-state index in [1.54, 1.807) is 6.29 Å². The van der Waals surface area contributed by atoms with Gasteiger partial charge in [0, 0.05) is 0 Å². The Labute approximate surface area is 68.4 Å². The van der Waals surface area contributed by atoms with Crippen LogP contribution in [-0.2, 0) is 37.5 Å². The first kappa shape index (κ1) is 10.3. The van der Waals surface area contributed by atoms with E-state index in [1.807, 2.05) is 0 Å². The third-order valence-corrected chi connectivity index (χ3v) is 0.300. The zero-order valence-corrected chi connectivity index (χ0v) is 6.76. The zero-order valence-electron chi connectivity index (χ0n) is 3.92. The van der Waals surface area contributed by atoms with Crippen LogP contribution in [0.1, 0.15) is 0 Å². The standard InChI is InChI=1S/C5H5O.Y/c1-2-3-4-5-6;/h2-4H,1H2;/q-1;+3/b4-3+;. The van der Waals surface area contributed by atoms with Crippen molar-refractivity contribution < 1.29 is 37.5 Å². The first-order chi connectivity index (χ1) is 2.91. The molecule has 0 spiro atoms. The van der Waals surface area contributed by atoms with Crippen LogP contribution in [-0.4, -0.2) is 6.29 Å².